The lowest BCUT2D eigenvalue weighted by atomic mass is 9.98. The molecule has 3 aromatic carbocycles. The van der Waals surface area contributed by atoms with E-state index in [0.717, 1.165) is 6.42 Å². The smallest absolute Gasteiger partial charge is 0.0785 e. The normalized spacial score (nSPS) is 10.4. The summed E-state index contributed by atoms with van der Waals surface area (Å²) < 4.78 is 9.50. The Bertz CT molecular complexity index is 772. The molecule has 1 heteroatoms. The van der Waals surface area contributed by atoms with E-state index in [0.29, 0.717) is 7.18 Å². The Hall–Kier alpha value is -2.15. The molecule has 0 spiro atoms. The Morgan fingerprint density at radius 1 is 0.560 bits per heavy atom. The molecular formula is C24H29F. The third-order valence-electron chi connectivity index (χ3n) is 4.48. The van der Waals surface area contributed by atoms with Crippen LogP contribution in [0.1, 0.15) is 48.9 Å². The van der Waals surface area contributed by atoms with E-state index >= 15 is 0 Å². The van der Waals surface area contributed by atoms with Crippen LogP contribution < -0.4 is 0 Å². The number of aryl methyl sites for hydroxylation is 2. The topological polar surface area (TPSA) is 0 Å². The molecule has 0 atom stereocenters. The zero-order valence-electron chi connectivity index (χ0n) is 15.7. The zero-order valence-corrected chi connectivity index (χ0v) is 15.7. The van der Waals surface area contributed by atoms with Gasteiger partial charge in [0.05, 0.1) is 7.18 Å². The van der Waals surface area contributed by atoms with Gasteiger partial charge in [-0.15, -0.1) is 0 Å². The van der Waals surface area contributed by atoms with Crippen LogP contribution >= 0.6 is 0 Å². The van der Waals surface area contributed by atoms with E-state index in [-0.39, 0.29) is 0 Å². The Labute approximate surface area is 151 Å². The van der Waals surface area contributed by atoms with Crippen LogP contribution in [0.15, 0.2) is 60.7 Å². The number of benzene rings is 3. The highest BCUT2D eigenvalue weighted by molar-refractivity contribution is 5.83. The van der Waals surface area contributed by atoms with Crippen molar-refractivity contribution in [1.29, 1.82) is 0 Å². The second-order valence-electron chi connectivity index (χ2n) is 6.51. The van der Waals surface area contributed by atoms with Crippen molar-refractivity contribution in [2.75, 3.05) is 7.18 Å². The molecule has 0 unspecified atom stereocenters. The number of hydrogen-bond donors (Lipinski definition) is 0. The lowest BCUT2D eigenvalue weighted by molar-refractivity contribution is 0.636. The monoisotopic (exact) mass is 336 g/mol. The largest absolute Gasteiger partial charge is 0.255 e. The fraction of sp³-hybridized carbons (Fsp3) is 0.333. The zero-order chi connectivity index (χ0) is 18.1. The van der Waals surface area contributed by atoms with Crippen molar-refractivity contribution in [3.05, 3.63) is 82.9 Å². The van der Waals surface area contributed by atoms with E-state index in [2.05, 4.69) is 74.5 Å². The molecule has 0 amide bonds. The molecule has 132 valence electrons. The average Bonchev–Trinajstić information content (AvgIpc) is 2.66. The Morgan fingerprint density at radius 3 is 1.60 bits per heavy atom. The van der Waals surface area contributed by atoms with E-state index in [1.54, 1.807) is 0 Å². The third-order valence-corrected chi connectivity index (χ3v) is 4.48. The molecule has 0 N–H and O–H groups in total. The van der Waals surface area contributed by atoms with Gasteiger partial charge in [0.1, 0.15) is 0 Å². The summed E-state index contributed by atoms with van der Waals surface area (Å²) >= 11 is 0. The minimum Gasteiger partial charge on any atom is -0.255 e. The van der Waals surface area contributed by atoms with Gasteiger partial charge >= 0.3 is 0 Å². The predicted molar refractivity (Wildman–Crippen MR) is 108 cm³/mol. The molecule has 0 aliphatic heterocycles. The van der Waals surface area contributed by atoms with Gasteiger partial charge in [-0.05, 0) is 52.3 Å². The van der Waals surface area contributed by atoms with Crippen LogP contribution in [0.25, 0.3) is 10.8 Å². The maximum Gasteiger partial charge on any atom is 0.0785 e. The highest BCUT2D eigenvalue weighted by Crippen LogP contribution is 2.21. The van der Waals surface area contributed by atoms with Crippen molar-refractivity contribution >= 4 is 10.8 Å². The molecule has 0 fully saturated rings. The van der Waals surface area contributed by atoms with Gasteiger partial charge in [0.25, 0.3) is 0 Å². The minimum absolute atomic E-state index is 0.500. The first-order valence-corrected chi connectivity index (χ1v) is 9.25. The number of hydrogen-bond acceptors (Lipinski definition) is 0. The summed E-state index contributed by atoms with van der Waals surface area (Å²) in [5, 5.41) is 2.71. The predicted octanol–water partition coefficient (Wildman–Crippen LogP) is 6.92. The molecule has 25 heavy (non-hydrogen) atoms. The molecule has 0 bridgehead atoms. The Balaban J connectivity index is 0.00000109. The summed E-state index contributed by atoms with van der Waals surface area (Å²) in [7, 11) is 0.500. The summed E-state index contributed by atoms with van der Waals surface area (Å²) in [5.41, 5.74) is 5.67. The van der Waals surface area contributed by atoms with Crippen LogP contribution in [0, 0.1) is 0 Å². The lowest BCUT2D eigenvalue weighted by Gasteiger charge is -2.07. The second-order valence-corrected chi connectivity index (χ2v) is 6.51. The number of fused-ring (bicyclic) bond motifs is 1. The highest BCUT2D eigenvalue weighted by Gasteiger charge is 2.01. The molecule has 0 aromatic heterocycles. The maximum absolute atomic E-state index is 9.50. The van der Waals surface area contributed by atoms with E-state index in [1.165, 1.54) is 58.7 Å². The van der Waals surface area contributed by atoms with Gasteiger partial charge in [-0.3, -0.25) is 4.39 Å². The summed E-state index contributed by atoms with van der Waals surface area (Å²) in [5.74, 6) is 0. The van der Waals surface area contributed by atoms with Gasteiger partial charge in [-0.25, -0.2) is 0 Å². The van der Waals surface area contributed by atoms with Gasteiger partial charge in [0.2, 0.25) is 0 Å². The van der Waals surface area contributed by atoms with Gasteiger partial charge in [-0.1, -0.05) is 87.4 Å². The van der Waals surface area contributed by atoms with Crippen LogP contribution in [-0.2, 0) is 19.3 Å². The molecule has 3 rings (SSSR count). The van der Waals surface area contributed by atoms with Crippen molar-refractivity contribution < 1.29 is 4.39 Å². The molecule has 0 radical (unpaired) electrons. The van der Waals surface area contributed by atoms with Crippen LogP contribution in [0.4, 0.5) is 4.39 Å². The van der Waals surface area contributed by atoms with Gasteiger partial charge in [0.15, 0.2) is 0 Å². The Morgan fingerprint density at radius 2 is 1.00 bits per heavy atom. The van der Waals surface area contributed by atoms with Crippen molar-refractivity contribution in [1.82, 2.24) is 0 Å². The minimum atomic E-state index is 0.500. The molecule has 0 nitrogen and oxygen atoms in total. The first-order valence-electron chi connectivity index (χ1n) is 9.25. The first-order chi connectivity index (χ1) is 12.3. The maximum atomic E-state index is 9.50. The summed E-state index contributed by atoms with van der Waals surface area (Å²) in [6.45, 7) is 4.47. The van der Waals surface area contributed by atoms with E-state index in [9.17, 15) is 4.39 Å². The van der Waals surface area contributed by atoms with Gasteiger partial charge in [0, 0.05) is 0 Å². The molecular weight excluding hydrogens is 307 g/mol. The van der Waals surface area contributed by atoms with E-state index < -0.39 is 0 Å². The van der Waals surface area contributed by atoms with Gasteiger partial charge in [-0.2, -0.15) is 0 Å². The molecule has 0 saturated heterocycles. The van der Waals surface area contributed by atoms with Gasteiger partial charge < -0.3 is 0 Å². The SMILES string of the molecule is CCCc1ccc(Cc2ccc3cc(CCC)ccc3c2)cc1.CF. The standard InChI is InChI=1S/C23H26.CH3F/c1-3-5-18-7-9-20(10-8-18)15-21-12-14-22-16-19(6-4-2)11-13-23(22)17-21;1-2/h7-14,16-17H,3-6,15H2,1-2H3;1H3. The van der Waals surface area contributed by atoms with Crippen molar-refractivity contribution in [3.8, 4) is 0 Å². The van der Waals surface area contributed by atoms with Crippen LogP contribution in [0.3, 0.4) is 0 Å². The van der Waals surface area contributed by atoms with E-state index in [4.69, 9.17) is 0 Å². The number of rotatable bonds is 6. The molecule has 0 aliphatic rings. The summed E-state index contributed by atoms with van der Waals surface area (Å²) in [6, 6.07) is 22.9. The fourth-order valence-electron chi connectivity index (χ4n) is 3.25. The van der Waals surface area contributed by atoms with Crippen LogP contribution in [0.5, 0.6) is 0 Å². The summed E-state index contributed by atoms with van der Waals surface area (Å²) in [6.07, 6.45) is 5.78. The first kappa shape index (κ1) is 19.2. The lowest BCUT2D eigenvalue weighted by Crippen LogP contribution is -1.90. The van der Waals surface area contributed by atoms with Crippen molar-refractivity contribution in [3.63, 3.8) is 0 Å². The summed E-state index contributed by atoms with van der Waals surface area (Å²) in [4.78, 5) is 0. The third kappa shape index (κ3) is 5.42. The Kier molecular flexibility index (Phi) is 7.66. The molecule has 0 aliphatic carbocycles. The van der Waals surface area contributed by atoms with Crippen molar-refractivity contribution in [2.24, 2.45) is 0 Å². The van der Waals surface area contributed by atoms with Crippen LogP contribution in [0.2, 0.25) is 0 Å². The van der Waals surface area contributed by atoms with E-state index in [1.807, 2.05) is 0 Å². The quantitative estimate of drug-likeness (QED) is 0.458. The average molecular weight is 336 g/mol. The fourth-order valence-corrected chi connectivity index (χ4v) is 3.25. The molecule has 0 heterocycles. The second kappa shape index (κ2) is 9.98. The number of alkyl halides is 1. The highest BCUT2D eigenvalue weighted by atomic mass is 19.1. The molecule has 3 aromatic rings. The number of halogens is 1. The van der Waals surface area contributed by atoms with Crippen molar-refractivity contribution in [2.45, 2.75) is 46.0 Å². The molecule has 0 saturated carbocycles. The van der Waals surface area contributed by atoms with Crippen LogP contribution in [-0.4, -0.2) is 7.18 Å².